The second-order valence-corrected chi connectivity index (χ2v) is 5.60. The van der Waals surface area contributed by atoms with Gasteiger partial charge in [0.1, 0.15) is 0 Å². The second kappa shape index (κ2) is 5.78. The van der Waals surface area contributed by atoms with Gasteiger partial charge in [-0.25, -0.2) is 0 Å². The van der Waals surface area contributed by atoms with Crippen LogP contribution in [-0.4, -0.2) is 18.3 Å². The predicted octanol–water partition coefficient (Wildman–Crippen LogP) is 3.57. The Kier molecular flexibility index (Phi) is 4.36. The molecule has 1 heterocycles. The Morgan fingerprint density at radius 2 is 2.07 bits per heavy atom. The van der Waals surface area contributed by atoms with Gasteiger partial charge < -0.3 is 5.32 Å². The zero-order valence-corrected chi connectivity index (χ0v) is 10.3. The fraction of sp³-hybridized carbons (Fsp3) is 0.500. The number of benzene rings is 1. The molecular formula is C12H16ClNS. The van der Waals surface area contributed by atoms with Crippen molar-refractivity contribution in [3.63, 3.8) is 0 Å². The smallest absolute Gasteiger partial charge is 0.0541 e. The van der Waals surface area contributed by atoms with Crippen molar-refractivity contribution in [3.8, 4) is 0 Å². The van der Waals surface area contributed by atoms with Crippen LogP contribution in [0.25, 0.3) is 0 Å². The largest absolute Gasteiger partial charge is 0.317 e. The van der Waals surface area contributed by atoms with Crippen molar-refractivity contribution in [2.45, 2.75) is 29.4 Å². The van der Waals surface area contributed by atoms with Gasteiger partial charge in [0.15, 0.2) is 0 Å². The number of nitrogens with one attached hydrogen (secondary N) is 1. The molecule has 1 atom stereocenters. The third-order valence-electron chi connectivity index (χ3n) is 2.65. The first-order valence-electron chi connectivity index (χ1n) is 5.48. The van der Waals surface area contributed by atoms with Crippen LogP contribution in [-0.2, 0) is 0 Å². The molecule has 0 bridgehead atoms. The summed E-state index contributed by atoms with van der Waals surface area (Å²) < 4.78 is 0. The van der Waals surface area contributed by atoms with Crippen molar-refractivity contribution in [2.75, 3.05) is 13.1 Å². The van der Waals surface area contributed by atoms with Crippen LogP contribution in [0, 0.1) is 0 Å². The number of hydrogen-bond acceptors (Lipinski definition) is 2. The van der Waals surface area contributed by atoms with Gasteiger partial charge >= 0.3 is 0 Å². The first kappa shape index (κ1) is 11.3. The maximum Gasteiger partial charge on any atom is 0.0541 e. The molecule has 0 amide bonds. The number of thioether (sulfide) groups is 1. The highest BCUT2D eigenvalue weighted by Crippen LogP contribution is 2.33. The highest BCUT2D eigenvalue weighted by Gasteiger charge is 2.14. The maximum atomic E-state index is 6.15. The van der Waals surface area contributed by atoms with Gasteiger partial charge in [-0.15, -0.1) is 11.8 Å². The lowest BCUT2D eigenvalue weighted by molar-refractivity contribution is 0.703. The topological polar surface area (TPSA) is 12.0 Å². The minimum absolute atomic E-state index is 0.722. The van der Waals surface area contributed by atoms with E-state index in [1.807, 2.05) is 23.9 Å². The molecule has 15 heavy (non-hydrogen) atoms. The summed E-state index contributed by atoms with van der Waals surface area (Å²) in [5.74, 6) is 0. The highest BCUT2D eigenvalue weighted by atomic mass is 35.5. The van der Waals surface area contributed by atoms with E-state index >= 15 is 0 Å². The van der Waals surface area contributed by atoms with E-state index in [4.69, 9.17) is 11.6 Å². The highest BCUT2D eigenvalue weighted by molar-refractivity contribution is 8.00. The van der Waals surface area contributed by atoms with Gasteiger partial charge in [-0.3, -0.25) is 0 Å². The third-order valence-corrected chi connectivity index (χ3v) is 4.51. The molecule has 3 heteroatoms. The summed E-state index contributed by atoms with van der Waals surface area (Å²) in [5.41, 5.74) is 0. The summed E-state index contributed by atoms with van der Waals surface area (Å²) in [6, 6.07) is 8.13. The van der Waals surface area contributed by atoms with Crippen LogP contribution in [0.5, 0.6) is 0 Å². The molecule has 0 aromatic heterocycles. The van der Waals surface area contributed by atoms with E-state index in [0.717, 1.165) is 16.8 Å². The van der Waals surface area contributed by atoms with Crippen molar-refractivity contribution >= 4 is 23.4 Å². The van der Waals surface area contributed by atoms with Gasteiger partial charge in [-0.2, -0.15) is 0 Å². The van der Waals surface area contributed by atoms with E-state index < -0.39 is 0 Å². The summed E-state index contributed by atoms with van der Waals surface area (Å²) >= 11 is 8.08. The molecule has 82 valence electrons. The number of hydrogen-bond donors (Lipinski definition) is 1. The Bertz CT molecular complexity index is 308. The predicted molar refractivity (Wildman–Crippen MR) is 67.8 cm³/mol. The Labute approximate surface area is 101 Å². The van der Waals surface area contributed by atoms with Crippen molar-refractivity contribution in [1.82, 2.24) is 5.32 Å². The normalized spacial score (nSPS) is 22.3. The monoisotopic (exact) mass is 241 g/mol. The standard InChI is InChI=1S/C12H16ClNS/c13-11-5-1-2-6-12(11)15-10-4-3-8-14-9-7-10/h1-2,5-6,10,14H,3-4,7-9H2. The van der Waals surface area contributed by atoms with Gasteiger partial charge in [0.25, 0.3) is 0 Å². The van der Waals surface area contributed by atoms with E-state index in [1.54, 1.807) is 0 Å². The zero-order chi connectivity index (χ0) is 10.5. The van der Waals surface area contributed by atoms with Gasteiger partial charge in [0, 0.05) is 10.1 Å². The molecule has 1 aliphatic rings. The molecule has 0 saturated carbocycles. The molecule has 1 fully saturated rings. The third kappa shape index (κ3) is 3.40. The second-order valence-electron chi connectivity index (χ2n) is 3.85. The molecule has 1 aromatic rings. The molecule has 0 aliphatic carbocycles. The fourth-order valence-electron chi connectivity index (χ4n) is 1.82. The molecule has 1 aliphatic heterocycles. The Hall–Kier alpha value is -0.180. The van der Waals surface area contributed by atoms with Crippen LogP contribution >= 0.6 is 23.4 Å². The molecule has 1 nitrogen and oxygen atoms in total. The van der Waals surface area contributed by atoms with Crippen LogP contribution in [0.4, 0.5) is 0 Å². The van der Waals surface area contributed by atoms with Crippen LogP contribution in [0.15, 0.2) is 29.2 Å². The number of rotatable bonds is 2. The van der Waals surface area contributed by atoms with Gasteiger partial charge in [0.2, 0.25) is 0 Å². The van der Waals surface area contributed by atoms with Crippen LogP contribution in [0.2, 0.25) is 5.02 Å². The first-order valence-corrected chi connectivity index (χ1v) is 6.74. The molecule has 0 spiro atoms. The zero-order valence-electron chi connectivity index (χ0n) is 8.71. The van der Waals surface area contributed by atoms with E-state index in [-0.39, 0.29) is 0 Å². The van der Waals surface area contributed by atoms with Crippen LogP contribution in [0.1, 0.15) is 19.3 Å². The lowest BCUT2D eigenvalue weighted by Crippen LogP contribution is -2.14. The van der Waals surface area contributed by atoms with Crippen LogP contribution < -0.4 is 5.32 Å². The SMILES string of the molecule is Clc1ccccc1SC1CCCNCC1. The lowest BCUT2D eigenvalue weighted by atomic mass is 10.2. The van der Waals surface area contributed by atoms with E-state index in [2.05, 4.69) is 17.4 Å². The maximum absolute atomic E-state index is 6.15. The Morgan fingerprint density at radius 1 is 1.20 bits per heavy atom. The number of halogens is 1. The van der Waals surface area contributed by atoms with Crippen molar-refractivity contribution in [1.29, 1.82) is 0 Å². The summed E-state index contributed by atoms with van der Waals surface area (Å²) in [6.07, 6.45) is 3.82. The average molecular weight is 242 g/mol. The molecule has 0 radical (unpaired) electrons. The average Bonchev–Trinajstić information content (AvgIpc) is 2.50. The molecular weight excluding hydrogens is 226 g/mol. The van der Waals surface area contributed by atoms with Crippen molar-refractivity contribution in [2.24, 2.45) is 0 Å². The quantitative estimate of drug-likeness (QED) is 0.850. The fourth-order valence-corrected chi connectivity index (χ4v) is 3.31. The summed E-state index contributed by atoms with van der Waals surface area (Å²) in [7, 11) is 0. The lowest BCUT2D eigenvalue weighted by Gasteiger charge is -2.13. The summed E-state index contributed by atoms with van der Waals surface area (Å²) in [4.78, 5) is 1.23. The van der Waals surface area contributed by atoms with E-state index in [1.165, 1.54) is 30.7 Å². The van der Waals surface area contributed by atoms with Gasteiger partial charge in [0.05, 0.1) is 5.02 Å². The summed E-state index contributed by atoms with van der Waals surface area (Å²) in [5, 5.41) is 5.04. The Morgan fingerprint density at radius 3 is 2.93 bits per heavy atom. The van der Waals surface area contributed by atoms with Gasteiger partial charge in [-0.05, 0) is 44.5 Å². The molecule has 1 aromatic carbocycles. The van der Waals surface area contributed by atoms with Gasteiger partial charge in [-0.1, -0.05) is 23.7 Å². The first-order chi connectivity index (χ1) is 7.36. The van der Waals surface area contributed by atoms with E-state index in [0.29, 0.717) is 0 Å². The van der Waals surface area contributed by atoms with Crippen molar-refractivity contribution in [3.05, 3.63) is 29.3 Å². The molecule has 1 saturated heterocycles. The Balaban J connectivity index is 1.98. The van der Waals surface area contributed by atoms with Crippen molar-refractivity contribution < 1.29 is 0 Å². The minimum atomic E-state index is 0.722. The molecule has 2 rings (SSSR count). The minimum Gasteiger partial charge on any atom is -0.317 e. The van der Waals surface area contributed by atoms with E-state index in [9.17, 15) is 0 Å². The van der Waals surface area contributed by atoms with Crippen LogP contribution in [0.3, 0.4) is 0 Å². The molecule has 1 unspecified atom stereocenters. The summed E-state index contributed by atoms with van der Waals surface area (Å²) in [6.45, 7) is 2.31. The molecule has 1 N–H and O–H groups in total.